The fraction of sp³-hybridized carbons (Fsp3) is 0.200. The van der Waals surface area contributed by atoms with Crippen LogP contribution in [0.4, 0.5) is 0 Å². The minimum atomic E-state index is 0.121. The molecule has 1 N–H and O–H groups in total. The molecule has 1 atom stereocenters. The zero-order valence-electron chi connectivity index (χ0n) is 10.9. The molecule has 1 unspecified atom stereocenters. The quantitative estimate of drug-likeness (QED) is 0.792. The second kappa shape index (κ2) is 5.07. The molecule has 3 aromatic rings. The molecule has 0 radical (unpaired) electrons. The minimum Gasteiger partial charge on any atom is -0.308 e. The standard InChI is InChI=1S/C15H15N3S/c1-10-18-14(9-19-10)15(16-2)13-5-3-4-11-8-17-7-6-12(11)13/h3-9,15-16H,1-2H3. The molecule has 0 bridgehead atoms. The number of nitrogens with one attached hydrogen (secondary N) is 1. The Kier molecular flexibility index (Phi) is 3.27. The van der Waals surface area contributed by atoms with Crippen molar-refractivity contribution in [2.45, 2.75) is 13.0 Å². The summed E-state index contributed by atoms with van der Waals surface area (Å²) < 4.78 is 0. The highest BCUT2D eigenvalue weighted by molar-refractivity contribution is 7.09. The number of fused-ring (bicyclic) bond motifs is 1. The van der Waals surface area contributed by atoms with Crippen molar-refractivity contribution in [3.05, 3.63) is 58.3 Å². The molecule has 0 saturated heterocycles. The van der Waals surface area contributed by atoms with Crippen LogP contribution in [0, 0.1) is 6.92 Å². The van der Waals surface area contributed by atoms with Gasteiger partial charge in [0.1, 0.15) is 0 Å². The fourth-order valence-electron chi connectivity index (χ4n) is 2.37. The predicted molar refractivity (Wildman–Crippen MR) is 79.5 cm³/mol. The van der Waals surface area contributed by atoms with E-state index in [0.29, 0.717) is 0 Å². The molecule has 4 heteroatoms. The first-order valence-corrected chi connectivity index (χ1v) is 7.09. The molecule has 96 valence electrons. The van der Waals surface area contributed by atoms with Crippen LogP contribution in [-0.4, -0.2) is 17.0 Å². The fourth-order valence-corrected chi connectivity index (χ4v) is 3.01. The summed E-state index contributed by atoms with van der Waals surface area (Å²) in [5, 5.41) is 8.96. The van der Waals surface area contributed by atoms with Gasteiger partial charge in [0.15, 0.2) is 0 Å². The lowest BCUT2D eigenvalue weighted by atomic mass is 9.98. The van der Waals surface area contributed by atoms with Gasteiger partial charge in [0.05, 0.1) is 16.7 Å². The lowest BCUT2D eigenvalue weighted by Gasteiger charge is -2.16. The van der Waals surface area contributed by atoms with E-state index >= 15 is 0 Å². The molecule has 0 aliphatic carbocycles. The monoisotopic (exact) mass is 269 g/mol. The molecule has 0 aliphatic rings. The number of pyridine rings is 1. The maximum Gasteiger partial charge on any atom is 0.0898 e. The van der Waals surface area contributed by atoms with Crippen molar-refractivity contribution in [2.75, 3.05) is 7.05 Å². The van der Waals surface area contributed by atoms with Crippen molar-refractivity contribution in [1.82, 2.24) is 15.3 Å². The number of hydrogen-bond acceptors (Lipinski definition) is 4. The second-order valence-electron chi connectivity index (χ2n) is 4.46. The van der Waals surface area contributed by atoms with Crippen LogP contribution in [-0.2, 0) is 0 Å². The van der Waals surface area contributed by atoms with Crippen molar-refractivity contribution >= 4 is 22.1 Å². The Morgan fingerprint density at radius 3 is 2.89 bits per heavy atom. The number of benzene rings is 1. The molecule has 0 aliphatic heterocycles. The van der Waals surface area contributed by atoms with E-state index in [1.54, 1.807) is 11.3 Å². The summed E-state index contributed by atoms with van der Waals surface area (Å²) in [6.45, 7) is 2.04. The molecule has 2 heterocycles. The first-order valence-electron chi connectivity index (χ1n) is 6.21. The van der Waals surface area contributed by atoms with E-state index in [1.165, 1.54) is 10.9 Å². The van der Waals surface area contributed by atoms with Gasteiger partial charge in [-0.15, -0.1) is 11.3 Å². The Morgan fingerprint density at radius 1 is 1.26 bits per heavy atom. The van der Waals surface area contributed by atoms with Crippen LogP contribution < -0.4 is 5.32 Å². The zero-order chi connectivity index (χ0) is 13.2. The van der Waals surface area contributed by atoms with E-state index in [9.17, 15) is 0 Å². The van der Waals surface area contributed by atoms with Crippen LogP contribution in [0.3, 0.4) is 0 Å². The van der Waals surface area contributed by atoms with Crippen LogP contribution in [0.2, 0.25) is 0 Å². The Labute approximate surface area is 116 Å². The van der Waals surface area contributed by atoms with Gasteiger partial charge in [-0.3, -0.25) is 4.98 Å². The summed E-state index contributed by atoms with van der Waals surface area (Å²) in [6.07, 6.45) is 3.74. The third-order valence-electron chi connectivity index (χ3n) is 3.25. The van der Waals surface area contributed by atoms with Crippen molar-refractivity contribution in [1.29, 1.82) is 0 Å². The summed E-state index contributed by atoms with van der Waals surface area (Å²) >= 11 is 1.68. The van der Waals surface area contributed by atoms with Crippen LogP contribution >= 0.6 is 11.3 Å². The van der Waals surface area contributed by atoms with Crippen molar-refractivity contribution in [2.24, 2.45) is 0 Å². The van der Waals surface area contributed by atoms with Gasteiger partial charge in [-0.05, 0) is 31.0 Å². The predicted octanol–water partition coefficient (Wildman–Crippen LogP) is 3.31. The number of aryl methyl sites for hydroxylation is 1. The van der Waals surface area contributed by atoms with E-state index in [4.69, 9.17) is 0 Å². The first-order chi connectivity index (χ1) is 9.29. The Balaban J connectivity index is 2.16. The van der Waals surface area contributed by atoms with Gasteiger partial charge in [-0.25, -0.2) is 4.98 Å². The van der Waals surface area contributed by atoms with E-state index in [2.05, 4.69) is 44.9 Å². The van der Waals surface area contributed by atoms with E-state index < -0.39 is 0 Å². The summed E-state index contributed by atoms with van der Waals surface area (Å²) in [5.41, 5.74) is 2.32. The Hall–Kier alpha value is -1.78. The zero-order valence-corrected chi connectivity index (χ0v) is 11.7. The van der Waals surface area contributed by atoms with Crippen LogP contribution in [0.1, 0.15) is 22.3 Å². The Bertz CT molecular complexity index is 700. The van der Waals surface area contributed by atoms with Gasteiger partial charge in [0, 0.05) is 23.2 Å². The van der Waals surface area contributed by atoms with Gasteiger partial charge >= 0.3 is 0 Å². The summed E-state index contributed by atoms with van der Waals surface area (Å²) in [7, 11) is 1.97. The molecule has 3 rings (SSSR count). The summed E-state index contributed by atoms with van der Waals surface area (Å²) in [5.74, 6) is 0. The third kappa shape index (κ3) is 2.25. The number of thiazole rings is 1. The summed E-state index contributed by atoms with van der Waals surface area (Å²) in [6, 6.07) is 8.50. The molecule has 2 aromatic heterocycles. The third-order valence-corrected chi connectivity index (χ3v) is 4.04. The van der Waals surface area contributed by atoms with E-state index in [1.807, 2.05) is 26.4 Å². The lowest BCUT2D eigenvalue weighted by molar-refractivity contribution is 0.679. The number of nitrogens with zero attached hydrogens (tertiary/aromatic N) is 2. The smallest absolute Gasteiger partial charge is 0.0898 e. The number of aromatic nitrogens is 2. The van der Waals surface area contributed by atoms with Crippen molar-refractivity contribution in [3.63, 3.8) is 0 Å². The molecular formula is C15H15N3S. The summed E-state index contributed by atoms with van der Waals surface area (Å²) in [4.78, 5) is 8.79. The van der Waals surface area contributed by atoms with Gasteiger partial charge in [0.2, 0.25) is 0 Å². The molecule has 0 saturated carbocycles. The molecule has 1 aromatic carbocycles. The van der Waals surface area contributed by atoms with Crippen molar-refractivity contribution in [3.8, 4) is 0 Å². The topological polar surface area (TPSA) is 37.8 Å². The number of hydrogen-bond donors (Lipinski definition) is 1. The molecular weight excluding hydrogens is 254 g/mol. The molecule has 0 fully saturated rings. The molecule has 3 nitrogen and oxygen atoms in total. The molecule has 0 amide bonds. The second-order valence-corrected chi connectivity index (χ2v) is 5.52. The van der Waals surface area contributed by atoms with Gasteiger partial charge in [0.25, 0.3) is 0 Å². The highest BCUT2D eigenvalue weighted by Crippen LogP contribution is 2.28. The minimum absolute atomic E-state index is 0.121. The highest BCUT2D eigenvalue weighted by atomic mass is 32.1. The van der Waals surface area contributed by atoms with Crippen LogP contribution in [0.15, 0.2) is 42.0 Å². The highest BCUT2D eigenvalue weighted by Gasteiger charge is 2.17. The maximum absolute atomic E-state index is 4.61. The van der Waals surface area contributed by atoms with Gasteiger partial charge < -0.3 is 5.32 Å². The average Bonchev–Trinajstić information content (AvgIpc) is 2.86. The SMILES string of the molecule is CNC(c1csc(C)n1)c1cccc2cnccc12. The van der Waals surface area contributed by atoms with Gasteiger partial charge in [-0.2, -0.15) is 0 Å². The van der Waals surface area contributed by atoms with Gasteiger partial charge in [-0.1, -0.05) is 18.2 Å². The number of rotatable bonds is 3. The molecule has 0 spiro atoms. The van der Waals surface area contributed by atoms with Crippen molar-refractivity contribution < 1.29 is 0 Å². The first kappa shape index (κ1) is 12.3. The normalized spacial score (nSPS) is 12.7. The Morgan fingerprint density at radius 2 is 2.16 bits per heavy atom. The van der Waals surface area contributed by atoms with Crippen LogP contribution in [0.25, 0.3) is 10.8 Å². The average molecular weight is 269 g/mol. The largest absolute Gasteiger partial charge is 0.308 e. The van der Waals surface area contributed by atoms with Crippen LogP contribution in [0.5, 0.6) is 0 Å². The van der Waals surface area contributed by atoms with E-state index in [0.717, 1.165) is 16.1 Å². The lowest BCUT2D eigenvalue weighted by Crippen LogP contribution is -2.18. The molecule has 19 heavy (non-hydrogen) atoms. The maximum atomic E-state index is 4.61. The van der Waals surface area contributed by atoms with E-state index in [-0.39, 0.29) is 6.04 Å².